The third kappa shape index (κ3) is 2.32. The van der Waals surface area contributed by atoms with E-state index in [0.29, 0.717) is 33.8 Å². The summed E-state index contributed by atoms with van der Waals surface area (Å²) in [7, 11) is 0. The van der Waals surface area contributed by atoms with Crippen molar-refractivity contribution in [3.63, 3.8) is 0 Å². The third-order valence-electron chi connectivity index (χ3n) is 5.10. The Morgan fingerprint density at radius 3 is 2.62 bits per heavy atom. The highest BCUT2D eigenvalue weighted by Gasteiger charge is 2.55. The SMILES string of the molecule is C=CCOc1cc(O)cc2c1C1(OC(=O)c3ccccc31)c1ccc(O)cc1O2. The molecule has 6 heteroatoms. The van der Waals surface area contributed by atoms with Crippen molar-refractivity contribution in [3.05, 3.63) is 89.5 Å². The number of carbonyl (C=O) groups is 1. The number of fused-ring (bicyclic) bond motifs is 6. The highest BCUT2D eigenvalue weighted by Crippen LogP contribution is 2.59. The summed E-state index contributed by atoms with van der Waals surface area (Å²) in [5.41, 5.74) is 0.746. The lowest BCUT2D eigenvalue weighted by Crippen LogP contribution is -2.33. The lowest BCUT2D eigenvalue weighted by atomic mass is 9.77. The van der Waals surface area contributed by atoms with Gasteiger partial charge in [0.1, 0.15) is 35.4 Å². The van der Waals surface area contributed by atoms with Crippen molar-refractivity contribution in [1.82, 2.24) is 0 Å². The zero-order valence-electron chi connectivity index (χ0n) is 15.2. The second-order valence-electron chi connectivity index (χ2n) is 6.82. The minimum absolute atomic E-state index is 0.00300. The fourth-order valence-corrected chi connectivity index (χ4v) is 4.01. The molecule has 0 bridgehead atoms. The van der Waals surface area contributed by atoms with Crippen LogP contribution in [0, 0.1) is 0 Å². The summed E-state index contributed by atoms with van der Waals surface area (Å²) >= 11 is 0. The van der Waals surface area contributed by atoms with E-state index in [0.717, 1.165) is 0 Å². The van der Waals surface area contributed by atoms with E-state index in [1.807, 2.05) is 12.1 Å². The van der Waals surface area contributed by atoms with Crippen molar-refractivity contribution in [2.24, 2.45) is 0 Å². The van der Waals surface area contributed by atoms with Gasteiger partial charge in [-0.25, -0.2) is 4.79 Å². The number of phenols is 2. The molecule has 5 rings (SSSR count). The number of rotatable bonds is 3. The number of esters is 1. The number of carbonyl (C=O) groups excluding carboxylic acids is 1. The summed E-state index contributed by atoms with van der Waals surface area (Å²) in [5.74, 6) is 0.356. The van der Waals surface area contributed by atoms with Gasteiger partial charge in [0.05, 0.1) is 11.1 Å². The van der Waals surface area contributed by atoms with E-state index < -0.39 is 11.6 Å². The zero-order chi connectivity index (χ0) is 20.2. The molecule has 2 N–H and O–H groups in total. The van der Waals surface area contributed by atoms with E-state index in [-0.39, 0.29) is 23.9 Å². The van der Waals surface area contributed by atoms with Crippen molar-refractivity contribution in [2.45, 2.75) is 5.60 Å². The van der Waals surface area contributed by atoms with Crippen LogP contribution in [-0.2, 0) is 10.3 Å². The summed E-state index contributed by atoms with van der Waals surface area (Å²) in [6, 6.07) is 14.6. The second-order valence-corrected chi connectivity index (χ2v) is 6.82. The zero-order valence-corrected chi connectivity index (χ0v) is 15.2. The van der Waals surface area contributed by atoms with Crippen LogP contribution in [0.25, 0.3) is 0 Å². The van der Waals surface area contributed by atoms with Crippen LogP contribution in [0.15, 0.2) is 67.3 Å². The number of hydrogen-bond acceptors (Lipinski definition) is 6. The van der Waals surface area contributed by atoms with Crippen molar-refractivity contribution in [2.75, 3.05) is 6.61 Å². The fourth-order valence-electron chi connectivity index (χ4n) is 4.01. The highest BCUT2D eigenvalue weighted by atomic mass is 16.6. The molecule has 2 aliphatic heterocycles. The Morgan fingerprint density at radius 2 is 1.79 bits per heavy atom. The monoisotopic (exact) mass is 388 g/mol. The summed E-state index contributed by atoms with van der Waals surface area (Å²) < 4.78 is 17.8. The molecule has 2 heterocycles. The van der Waals surface area contributed by atoms with Crippen LogP contribution in [0.3, 0.4) is 0 Å². The first-order valence-corrected chi connectivity index (χ1v) is 9.00. The maximum absolute atomic E-state index is 12.8. The number of hydrogen-bond donors (Lipinski definition) is 2. The molecule has 2 aliphatic rings. The molecule has 1 atom stereocenters. The van der Waals surface area contributed by atoms with E-state index in [1.54, 1.807) is 24.3 Å². The first kappa shape index (κ1) is 17.2. The van der Waals surface area contributed by atoms with Gasteiger partial charge >= 0.3 is 5.97 Å². The molecule has 1 unspecified atom stereocenters. The Bertz CT molecular complexity index is 1180. The molecule has 1 spiro atoms. The van der Waals surface area contributed by atoms with Gasteiger partial charge in [0.15, 0.2) is 5.60 Å². The van der Waals surface area contributed by atoms with E-state index in [9.17, 15) is 15.0 Å². The van der Waals surface area contributed by atoms with Gasteiger partial charge in [-0.1, -0.05) is 30.9 Å². The Balaban J connectivity index is 1.89. The second kappa shape index (κ2) is 6.04. The summed E-state index contributed by atoms with van der Waals surface area (Å²) in [6.45, 7) is 3.85. The van der Waals surface area contributed by atoms with Gasteiger partial charge in [0.2, 0.25) is 0 Å². The smallest absolute Gasteiger partial charge is 0.340 e. The maximum atomic E-state index is 12.8. The van der Waals surface area contributed by atoms with Crippen LogP contribution in [-0.4, -0.2) is 22.8 Å². The van der Waals surface area contributed by atoms with Crippen molar-refractivity contribution in [3.8, 4) is 28.7 Å². The van der Waals surface area contributed by atoms with E-state index >= 15 is 0 Å². The normalized spacial score (nSPS) is 18.3. The molecule has 6 nitrogen and oxygen atoms in total. The minimum atomic E-state index is -1.34. The van der Waals surface area contributed by atoms with E-state index in [4.69, 9.17) is 14.2 Å². The molecular formula is C23H16O6. The Kier molecular flexibility index (Phi) is 3.58. The Hall–Kier alpha value is -3.93. The molecule has 0 fully saturated rings. The summed E-state index contributed by atoms with van der Waals surface area (Å²) in [4.78, 5) is 12.8. The van der Waals surface area contributed by atoms with E-state index in [2.05, 4.69) is 6.58 Å². The topological polar surface area (TPSA) is 85.2 Å². The van der Waals surface area contributed by atoms with Crippen molar-refractivity contribution < 1.29 is 29.2 Å². The molecule has 0 aromatic heterocycles. The van der Waals surface area contributed by atoms with Crippen LogP contribution in [0.1, 0.15) is 27.0 Å². The molecule has 0 saturated carbocycles. The van der Waals surface area contributed by atoms with Crippen LogP contribution >= 0.6 is 0 Å². The molecule has 0 amide bonds. The average Bonchev–Trinajstić information content (AvgIpc) is 2.99. The first-order valence-electron chi connectivity index (χ1n) is 9.00. The van der Waals surface area contributed by atoms with Crippen molar-refractivity contribution >= 4 is 5.97 Å². The molecule has 3 aromatic rings. The molecule has 0 radical (unpaired) electrons. The van der Waals surface area contributed by atoms with Crippen LogP contribution in [0.2, 0.25) is 0 Å². The van der Waals surface area contributed by atoms with Crippen LogP contribution < -0.4 is 9.47 Å². The highest BCUT2D eigenvalue weighted by molar-refractivity contribution is 5.97. The number of ether oxygens (including phenoxy) is 3. The lowest BCUT2D eigenvalue weighted by Gasteiger charge is -2.37. The fraction of sp³-hybridized carbons (Fsp3) is 0.0870. The van der Waals surface area contributed by atoms with Crippen LogP contribution in [0.4, 0.5) is 0 Å². The number of benzene rings is 3. The van der Waals surface area contributed by atoms with Gasteiger partial charge in [0.25, 0.3) is 0 Å². The number of phenolic OH excluding ortho intramolecular Hbond substituents is 2. The molecule has 3 aromatic carbocycles. The summed E-state index contributed by atoms with van der Waals surface area (Å²) in [6.07, 6.45) is 1.58. The lowest BCUT2D eigenvalue weighted by molar-refractivity contribution is 0.0216. The molecule has 144 valence electrons. The predicted octanol–water partition coefficient (Wildman–Crippen LogP) is 4.23. The molecule has 0 saturated heterocycles. The number of aromatic hydroxyl groups is 2. The Morgan fingerprint density at radius 1 is 1.00 bits per heavy atom. The van der Waals surface area contributed by atoms with Crippen molar-refractivity contribution in [1.29, 1.82) is 0 Å². The maximum Gasteiger partial charge on any atom is 0.340 e. The van der Waals surface area contributed by atoms with Gasteiger partial charge < -0.3 is 24.4 Å². The largest absolute Gasteiger partial charge is 0.508 e. The quantitative estimate of drug-likeness (QED) is 0.516. The standard InChI is InChI=1S/C23H16O6/c1-2-9-27-19-11-14(25)12-20-21(19)23(17-8-7-13(24)10-18(17)28-20)16-6-4-3-5-15(16)22(26)29-23/h2-8,10-12,24-25H,1,9H2. The third-order valence-corrected chi connectivity index (χ3v) is 5.10. The predicted molar refractivity (Wildman–Crippen MR) is 104 cm³/mol. The average molecular weight is 388 g/mol. The molecular weight excluding hydrogens is 372 g/mol. The minimum Gasteiger partial charge on any atom is -0.508 e. The first-order chi connectivity index (χ1) is 14.0. The molecule has 0 aliphatic carbocycles. The van der Waals surface area contributed by atoms with Gasteiger partial charge in [-0.3, -0.25) is 0 Å². The van der Waals surface area contributed by atoms with Gasteiger partial charge in [-0.15, -0.1) is 0 Å². The Labute approximate surface area is 166 Å². The van der Waals surface area contributed by atoms with Gasteiger partial charge in [-0.05, 0) is 18.2 Å². The summed E-state index contributed by atoms with van der Waals surface area (Å²) in [5, 5.41) is 20.2. The van der Waals surface area contributed by atoms with E-state index in [1.165, 1.54) is 24.3 Å². The van der Waals surface area contributed by atoms with Gasteiger partial charge in [0, 0.05) is 29.3 Å². The van der Waals surface area contributed by atoms with Gasteiger partial charge in [-0.2, -0.15) is 0 Å². The molecule has 29 heavy (non-hydrogen) atoms. The van der Waals surface area contributed by atoms with Crippen LogP contribution in [0.5, 0.6) is 28.7 Å².